The average Bonchev–Trinajstić information content (AvgIpc) is 2.76. The summed E-state index contributed by atoms with van der Waals surface area (Å²) in [4.78, 5) is 40.7. The second kappa shape index (κ2) is 6.16. The van der Waals surface area contributed by atoms with Crippen LogP contribution < -0.4 is 5.32 Å². The van der Waals surface area contributed by atoms with Crippen molar-refractivity contribution in [1.82, 2.24) is 20.1 Å². The standard InChI is InChI=1S/C16H27N5O3/c1-15(2,19(5)12(22)9-17-4)13(23)21-8-7-11-16(3,10-21)14(24)20(6)18-11/h17H,7-10H2,1-6H3. The van der Waals surface area contributed by atoms with E-state index in [9.17, 15) is 14.4 Å². The third-order valence-corrected chi connectivity index (χ3v) is 5.15. The summed E-state index contributed by atoms with van der Waals surface area (Å²) < 4.78 is 0. The molecule has 0 aromatic rings. The Morgan fingerprint density at radius 3 is 2.62 bits per heavy atom. The van der Waals surface area contributed by atoms with Crippen molar-refractivity contribution in [2.75, 3.05) is 40.8 Å². The Kier molecular flexibility index (Phi) is 4.72. The number of fused-ring (bicyclic) bond motifs is 1. The number of amides is 3. The largest absolute Gasteiger partial charge is 0.339 e. The zero-order valence-electron chi connectivity index (χ0n) is 15.3. The molecule has 2 heterocycles. The molecule has 1 unspecified atom stereocenters. The van der Waals surface area contributed by atoms with Crippen LogP contribution in [0.25, 0.3) is 0 Å². The molecule has 8 nitrogen and oxygen atoms in total. The predicted molar refractivity (Wildman–Crippen MR) is 90.3 cm³/mol. The van der Waals surface area contributed by atoms with Gasteiger partial charge in [-0.2, -0.15) is 5.10 Å². The van der Waals surface area contributed by atoms with Gasteiger partial charge in [0.05, 0.1) is 12.3 Å². The molecule has 1 saturated heterocycles. The highest BCUT2D eigenvalue weighted by Gasteiger charge is 2.51. The van der Waals surface area contributed by atoms with Crippen LogP contribution in [0.5, 0.6) is 0 Å². The molecule has 0 aromatic heterocycles. The highest BCUT2D eigenvalue weighted by Crippen LogP contribution is 2.35. The molecule has 1 atom stereocenters. The number of nitrogens with zero attached hydrogens (tertiary/aromatic N) is 4. The topological polar surface area (TPSA) is 85.3 Å². The zero-order valence-corrected chi connectivity index (χ0v) is 15.3. The number of rotatable bonds is 4. The molecule has 0 spiro atoms. The van der Waals surface area contributed by atoms with Crippen LogP contribution in [-0.2, 0) is 14.4 Å². The van der Waals surface area contributed by atoms with Crippen LogP contribution in [0.2, 0.25) is 0 Å². The number of hydrogen-bond acceptors (Lipinski definition) is 5. The van der Waals surface area contributed by atoms with Crippen molar-refractivity contribution in [2.45, 2.75) is 32.7 Å². The van der Waals surface area contributed by atoms with Crippen LogP contribution in [0.3, 0.4) is 0 Å². The van der Waals surface area contributed by atoms with Gasteiger partial charge >= 0.3 is 0 Å². The minimum absolute atomic E-state index is 0.0904. The van der Waals surface area contributed by atoms with Crippen molar-refractivity contribution < 1.29 is 14.4 Å². The molecule has 0 aliphatic carbocycles. The lowest BCUT2D eigenvalue weighted by atomic mass is 9.79. The van der Waals surface area contributed by atoms with E-state index in [2.05, 4.69) is 10.4 Å². The fourth-order valence-electron chi connectivity index (χ4n) is 3.29. The first-order valence-corrected chi connectivity index (χ1v) is 8.12. The second-order valence-electron chi connectivity index (χ2n) is 7.23. The summed E-state index contributed by atoms with van der Waals surface area (Å²) in [5, 5.41) is 8.46. The molecule has 0 saturated carbocycles. The average molecular weight is 337 g/mol. The molecule has 8 heteroatoms. The second-order valence-corrected chi connectivity index (χ2v) is 7.23. The molecule has 2 rings (SSSR count). The van der Waals surface area contributed by atoms with Gasteiger partial charge in [0.25, 0.3) is 5.91 Å². The number of likely N-dealkylation sites (N-methyl/N-ethyl adjacent to an activating group) is 2. The van der Waals surface area contributed by atoms with Gasteiger partial charge in [0.2, 0.25) is 11.8 Å². The van der Waals surface area contributed by atoms with Crippen molar-refractivity contribution in [2.24, 2.45) is 10.5 Å². The Balaban J connectivity index is 2.17. The molecule has 0 radical (unpaired) electrons. The number of carbonyl (C=O) groups excluding carboxylic acids is 3. The lowest BCUT2D eigenvalue weighted by Crippen LogP contribution is -2.61. The highest BCUT2D eigenvalue weighted by atomic mass is 16.2. The van der Waals surface area contributed by atoms with Crippen molar-refractivity contribution in [3.63, 3.8) is 0 Å². The van der Waals surface area contributed by atoms with E-state index in [0.717, 1.165) is 5.71 Å². The van der Waals surface area contributed by atoms with Crippen LogP contribution >= 0.6 is 0 Å². The van der Waals surface area contributed by atoms with Crippen LogP contribution in [0.4, 0.5) is 0 Å². The summed E-state index contributed by atoms with van der Waals surface area (Å²) >= 11 is 0. The first-order valence-electron chi connectivity index (χ1n) is 8.12. The van der Waals surface area contributed by atoms with Gasteiger partial charge in [-0.05, 0) is 27.8 Å². The summed E-state index contributed by atoms with van der Waals surface area (Å²) in [6.07, 6.45) is 0.572. The van der Waals surface area contributed by atoms with Gasteiger partial charge in [-0.25, -0.2) is 5.01 Å². The van der Waals surface area contributed by atoms with Crippen LogP contribution in [0.15, 0.2) is 5.10 Å². The molecule has 2 aliphatic heterocycles. The maximum atomic E-state index is 13.0. The maximum Gasteiger partial charge on any atom is 0.255 e. The Morgan fingerprint density at radius 1 is 1.42 bits per heavy atom. The van der Waals surface area contributed by atoms with E-state index >= 15 is 0 Å². The number of hydrogen-bond donors (Lipinski definition) is 1. The predicted octanol–water partition coefficient (Wildman–Crippen LogP) is -0.491. The lowest BCUT2D eigenvalue weighted by molar-refractivity contribution is -0.152. The Labute approximate surface area is 142 Å². The van der Waals surface area contributed by atoms with E-state index in [-0.39, 0.29) is 24.3 Å². The lowest BCUT2D eigenvalue weighted by Gasteiger charge is -2.43. The molecule has 0 bridgehead atoms. The van der Waals surface area contributed by atoms with Crippen molar-refractivity contribution >= 4 is 23.4 Å². The number of carbonyl (C=O) groups is 3. The van der Waals surface area contributed by atoms with Crippen molar-refractivity contribution in [3.8, 4) is 0 Å². The zero-order chi connectivity index (χ0) is 18.3. The van der Waals surface area contributed by atoms with Gasteiger partial charge in [0.1, 0.15) is 11.0 Å². The van der Waals surface area contributed by atoms with Crippen LogP contribution in [-0.4, -0.2) is 84.6 Å². The summed E-state index contributed by atoms with van der Waals surface area (Å²) in [6.45, 7) is 6.27. The summed E-state index contributed by atoms with van der Waals surface area (Å²) in [5.41, 5.74) is -0.907. The summed E-state index contributed by atoms with van der Waals surface area (Å²) in [7, 11) is 4.96. The third kappa shape index (κ3) is 2.79. The summed E-state index contributed by atoms with van der Waals surface area (Å²) in [5.74, 6) is -0.400. The van der Waals surface area contributed by atoms with E-state index in [1.54, 1.807) is 39.9 Å². The molecule has 2 aliphatic rings. The van der Waals surface area contributed by atoms with Crippen LogP contribution in [0, 0.1) is 5.41 Å². The van der Waals surface area contributed by atoms with Gasteiger partial charge in [-0.3, -0.25) is 14.4 Å². The van der Waals surface area contributed by atoms with Gasteiger partial charge in [-0.15, -0.1) is 0 Å². The maximum absolute atomic E-state index is 13.0. The number of nitrogens with one attached hydrogen (secondary N) is 1. The highest BCUT2D eigenvalue weighted by molar-refractivity contribution is 6.13. The van der Waals surface area contributed by atoms with E-state index < -0.39 is 11.0 Å². The smallest absolute Gasteiger partial charge is 0.255 e. The van der Waals surface area contributed by atoms with E-state index in [0.29, 0.717) is 19.5 Å². The fourth-order valence-corrected chi connectivity index (χ4v) is 3.29. The van der Waals surface area contributed by atoms with E-state index in [4.69, 9.17) is 0 Å². The molecular formula is C16H27N5O3. The third-order valence-electron chi connectivity index (χ3n) is 5.15. The molecule has 3 amide bonds. The number of hydrazone groups is 1. The Hall–Kier alpha value is -1.96. The Bertz CT molecular complexity index is 601. The SMILES string of the molecule is CNCC(=O)N(C)C(C)(C)C(=O)N1CCC2=NN(C)C(=O)C2(C)C1. The minimum Gasteiger partial charge on any atom is -0.339 e. The monoisotopic (exact) mass is 337 g/mol. The first-order chi connectivity index (χ1) is 11.1. The minimum atomic E-state index is -0.980. The molecule has 24 heavy (non-hydrogen) atoms. The Morgan fingerprint density at radius 2 is 2.04 bits per heavy atom. The van der Waals surface area contributed by atoms with Crippen molar-refractivity contribution in [3.05, 3.63) is 0 Å². The van der Waals surface area contributed by atoms with Gasteiger partial charge in [0.15, 0.2) is 0 Å². The summed E-state index contributed by atoms with van der Waals surface area (Å²) in [6, 6.07) is 0. The fraction of sp³-hybridized carbons (Fsp3) is 0.750. The molecular weight excluding hydrogens is 310 g/mol. The van der Waals surface area contributed by atoms with Crippen molar-refractivity contribution in [1.29, 1.82) is 0 Å². The molecule has 1 fully saturated rings. The van der Waals surface area contributed by atoms with E-state index in [1.807, 2.05) is 6.92 Å². The van der Waals surface area contributed by atoms with Gasteiger partial charge < -0.3 is 15.1 Å². The normalized spacial score (nSPS) is 23.9. The van der Waals surface area contributed by atoms with Gasteiger partial charge in [-0.1, -0.05) is 0 Å². The van der Waals surface area contributed by atoms with E-state index in [1.165, 1.54) is 9.91 Å². The quantitative estimate of drug-likeness (QED) is 0.750. The first kappa shape index (κ1) is 18.4. The van der Waals surface area contributed by atoms with Gasteiger partial charge in [0, 0.05) is 33.6 Å². The molecule has 1 N–H and O–H groups in total. The molecule has 134 valence electrons. The number of piperidine rings is 1. The van der Waals surface area contributed by atoms with Crippen LogP contribution in [0.1, 0.15) is 27.2 Å². The number of likely N-dealkylation sites (tertiary alicyclic amines) is 1. The molecule has 0 aromatic carbocycles.